The lowest BCUT2D eigenvalue weighted by Crippen LogP contribution is -2.12. The summed E-state index contributed by atoms with van der Waals surface area (Å²) in [6, 6.07) is 19.2. The maximum absolute atomic E-state index is 12.3. The molecule has 0 unspecified atom stereocenters. The zero-order chi connectivity index (χ0) is 19.1. The molecule has 3 aromatic rings. The molecular formula is C21H20N2O3S. The maximum atomic E-state index is 12.3. The number of rotatable bonds is 7. The first kappa shape index (κ1) is 18.8. The number of aryl methyl sites for hydroxylation is 1. The van der Waals surface area contributed by atoms with Crippen LogP contribution in [0.5, 0.6) is 0 Å². The van der Waals surface area contributed by atoms with Crippen LogP contribution in [0.15, 0.2) is 60.7 Å². The number of ether oxygens (including phenoxy) is 1. The second-order valence-electron chi connectivity index (χ2n) is 5.82. The number of esters is 1. The number of hydrogen-bond donors (Lipinski definition) is 1. The normalized spacial score (nSPS) is 10.4. The Hall–Kier alpha value is -2.99. The number of carbonyl (C=O) groups excluding carboxylic acids is 2. The molecule has 0 fully saturated rings. The lowest BCUT2D eigenvalue weighted by Gasteiger charge is -2.02. The predicted molar refractivity (Wildman–Crippen MR) is 107 cm³/mol. The van der Waals surface area contributed by atoms with E-state index in [0.29, 0.717) is 28.5 Å². The minimum absolute atomic E-state index is 0.136. The van der Waals surface area contributed by atoms with Crippen LogP contribution in [0.3, 0.4) is 0 Å². The van der Waals surface area contributed by atoms with Gasteiger partial charge < -0.3 is 10.1 Å². The second kappa shape index (κ2) is 9.09. The van der Waals surface area contributed by atoms with Crippen molar-refractivity contribution >= 4 is 28.3 Å². The van der Waals surface area contributed by atoms with Crippen molar-refractivity contribution in [1.82, 2.24) is 4.98 Å². The van der Waals surface area contributed by atoms with E-state index in [0.717, 1.165) is 22.5 Å². The van der Waals surface area contributed by atoms with Gasteiger partial charge in [0, 0.05) is 12.0 Å². The summed E-state index contributed by atoms with van der Waals surface area (Å²) in [5.41, 5.74) is 2.43. The fourth-order valence-electron chi connectivity index (χ4n) is 2.58. The molecule has 5 nitrogen and oxygen atoms in total. The largest absolute Gasteiger partial charge is 0.462 e. The molecule has 0 spiro atoms. The molecule has 0 aliphatic heterocycles. The molecule has 1 heterocycles. The van der Waals surface area contributed by atoms with E-state index >= 15 is 0 Å². The van der Waals surface area contributed by atoms with Crippen molar-refractivity contribution in [3.63, 3.8) is 0 Å². The number of amides is 1. The van der Waals surface area contributed by atoms with Crippen LogP contribution in [-0.4, -0.2) is 23.5 Å². The first-order valence-corrected chi connectivity index (χ1v) is 9.56. The van der Waals surface area contributed by atoms with Crippen LogP contribution in [-0.2, 0) is 16.0 Å². The summed E-state index contributed by atoms with van der Waals surface area (Å²) in [6.07, 6.45) is 0.993. The van der Waals surface area contributed by atoms with Crippen molar-refractivity contribution < 1.29 is 14.3 Å². The van der Waals surface area contributed by atoms with Crippen LogP contribution in [0.1, 0.15) is 28.6 Å². The van der Waals surface area contributed by atoms with Gasteiger partial charge in [0.2, 0.25) is 5.91 Å². The van der Waals surface area contributed by atoms with E-state index in [4.69, 9.17) is 4.74 Å². The molecule has 1 aromatic heterocycles. The molecule has 0 aliphatic rings. The molecular weight excluding hydrogens is 360 g/mol. The van der Waals surface area contributed by atoms with Gasteiger partial charge in [0.15, 0.2) is 5.13 Å². The number of aromatic nitrogens is 1. The van der Waals surface area contributed by atoms with Crippen molar-refractivity contribution in [2.45, 2.75) is 19.8 Å². The minimum atomic E-state index is -0.432. The highest BCUT2D eigenvalue weighted by Gasteiger charge is 2.21. The zero-order valence-electron chi connectivity index (χ0n) is 15.0. The summed E-state index contributed by atoms with van der Waals surface area (Å²) in [6.45, 7) is 2.04. The van der Waals surface area contributed by atoms with Crippen LogP contribution >= 0.6 is 11.3 Å². The van der Waals surface area contributed by atoms with Crippen molar-refractivity contribution in [3.05, 3.63) is 71.1 Å². The lowest BCUT2D eigenvalue weighted by molar-refractivity contribution is -0.116. The summed E-state index contributed by atoms with van der Waals surface area (Å²) in [5, 5.41) is 3.20. The van der Waals surface area contributed by atoms with E-state index < -0.39 is 5.97 Å². The van der Waals surface area contributed by atoms with Gasteiger partial charge in [-0.25, -0.2) is 9.78 Å². The Morgan fingerprint density at radius 3 is 2.37 bits per heavy atom. The second-order valence-corrected chi connectivity index (χ2v) is 6.82. The molecule has 0 atom stereocenters. The molecule has 0 bridgehead atoms. The number of nitrogens with zero attached hydrogens (tertiary/aromatic N) is 1. The Labute approximate surface area is 162 Å². The highest BCUT2D eigenvalue weighted by atomic mass is 32.1. The third-order valence-corrected chi connectivity index (χ3v) is 4.82. The Morgan fingerprint density at radius 1 is 1.04 bits per heavy atom. The van der Waals surface area contributed by atoms with Crippen LogP contribution < -0.4 is 5.32 Å². The van der Waals surface area contributed by atoms with Gasteiger partial charge in [-0.3, -0.25) is 4.79 Å². The molecule has 138 valence electrons. The van der Waals surface area contributed by atoms with Gasteiger partial charge in [0.1, 0.15) is 4.88 Å². The maximum Gasteiger partial charge on any atom is 0.350 e. The Bertz CT molecular complexity index is 908. The predicted octanol–water partition coefficient (Wildman–Crippen LogP) is 4.56. The molecule has 0 radical (unpaired) electrons. The number of nitrogens with one attached hydrogen (secondary N) is 1. The van der Waals surface area contributed by atoms with E-state index in [1.807, 2.05) is 60.7 Å². The number of benzene rings is 2. The number of carbonyl (C=O) groups is 2. The van der Waals surface area contributed by atoms with Gasteiger partial charge in [-0.05, 0) is 18.9 Å². The van der Waals surface area contributed by atoms with Crippen LogP contribution in [0.2, 0.25) is 0 Å². The molecule has 1 amide bonds. The van der Waals surface area contributed by atoms with E-state index in [2.05, 4.69) is 10.3 Å². The van der Waals surface area contributed by atoms with Crippen LogP contribution in [0.4, 0.5) is 5.13 Å². The first-order chi connectivity index (χ1) is 13.2. The van der Waals surface area contributed by atoms with Crippen LogP contribution in [0, 0.1) is 0 Å². The number of anilines is 1. The molecule has 3 rings (SSSR count). The van der Waals surface area contributed by atoms with Gasteiger partial charge in [0.05, 0.1) is 12.3 Å². The van der Waals surface area contributed by atoms with Crippen LogP contribution in [0.25, 0.3) is 11.3 Å². The van der Waals surface area contributed by atoms with Crippen molar-refractivity contribution in [1.29, 1.82) is 0 Å². The Balaban J connectivity index is 1.75. The first-order valence-electron chi connectivity index (χ1n) is 8.74. The molecule has 0 saturated heterocycles. The summed E-state index contributed by atoms with van der Waals surface area (Å²) >= 11 is 1.13. The SMILES string of the molecule is CCOC(=O)c1sc(NC(=O)CCc2ccccc2)nc1-c1ccccc1. The van der Waals surface area contributed by atoms with Crippen molar-refractivity contribution in [3.8, 4) is 11.3 Å². The molecule has 6 heteroatoms. The quantitative estimate of drug-likeness (QED) is 0.610. The average molecular weight is 380 g/mol. The molecule has 0 aliphatic carbocycles. The number of thiazole rings is 1. The van der Waals surface area contributed by atoms with Gasteiger partial charge in [-0.2, -0.15) is 0 Å². The summed E-state index contributed by atoms with van der Waals surface area (Å²) in [5.74, 6) is -0.568. The third kappa shape index (κ3) is 5.01. The highest BCUT2D eigenvalue weighted by molar-refractivity contribution is 7.18. The number of hydrogen-bond acceptors (Lipinski definition) is 5. The Kier molecular flexibility index (Phi) is 6.33. The third-order valence-electron chi connectivity index (χ3n) is 3.87. The van der Waals surface area contributed by atoms with E-state index in [9.17, 15) is 9.59 Å². The summed E-state index contributed by atoms with van der Waals surface area (Å²) in [7, 11) is 0. The standard InChI is InChI=1S/C21H20N2O3S/c1-2-26-20(25)19-18(16-11-7-4-8-12-16)23-21(27-19)22-17(24)14-13-15-9-5-3-6-10-15/h3-12H,2,13-14H2,1H3,(H,22,23,24). The van der Waals surface area contributed by atoms with Gasteiger partial charge in [-0.15, -0.1) is 0 Å². The highest BCUT2D eigenvalue weighted by Crippen LogP contribution is 2.31. The zero-order valence-corrected chi connectivity index (χ0v) is 15.8. The summed E-state index contributed by atoms with van der Waals surface area (Å²) < 4.78 is 5.13. The average Bonchev–Trinajstić information content (AvgIpc) is 3.12. The fourth-order valence-corrected chi connectivity index (χ4v) is 3.48. The van der Waals surface area contributed by atoms with E-state index in [1.54, 1.807) is 6.92 Å². The van der Waals surface area contributed by atoms with E-state index in [1.165, 1.54) is 0 Å². The van der Waals surface area contributed by atoms with Gasteiger partial charge in [0.25, 0.3) is 0 Å². The monoisotopic (exact) mass is 380 g/mol. The lowest BCUT2D eigenvalue weighted by atomic mass is 10.1. The smallest absolute Gasteiger partial charge is 0.350 e. The minimum Gasteiger partial charge on any atom is -0.462 e. The Morgan fingerprint density at radius 2 is 1.70 bits per heavy atom. The van der Waals surface area contributed by atoms with Crippen molar-refractivity contribution in [2.24, 2.45) is 0 Å². The van der Waals surface area contributed by atoms with Crippen molar-refractivity contribution in [2.75, 3.05) is 11.9 Å². The summed E-state index contributed by atoms with van der Waals surface area (Å²) in [4.78, 5) is 29.4. The topological polar surface area (TPSA) is 68.3 Å². The molecule has 0 saturated carbocycles. The van der Waals surface area contributed by atoms with Gasteiger partial charge in [-0.1, -0.05) is 72.0 Å². The fraction of sp³-hybridized carbons (Fsp3) is 0.190. The van der Waals surface area contributed by atoms with E-state index in [-0.39, 0.29) is 12.5 Å². The molecule has 1 N–H and O–H groups in total. The molecule has 2 aromatic carbocycles. The molecule has 27 heavy (non-hydrogen) atoms. The van der Waals surface area contributed by atoms with Gasteiger partial charge >= 0.3 is 5.97 Å².